The summed E-state index contributed by atoms with van der Waals surface area (Å²) in [6, 6.07) is 6.91. The minimum Gasteiger partial charge on any atom is -0.432 e. The van der Waals surface area contributed by atoms with Gasteiger partial charge in [-0.05, 0) is 43.3 Å². The van der Waals surface area contributed by atoms with Crippen molar-refractivity contribution in [3.8, 4) is 17.0 Å². The number of piperidine rings is 1. The molecule has 2 aromatic carbocycles. The third kappa shape index (κ3) is 7.39. The van der Waals surface area contributed by atoms with Gasteiger partial charge in [-0.25, -0.2) is 14.4 Å². The highest BCUT2D eigenvalue weighted by atomic mass is 35.5. The summed E-state index contributed by atoms with van der Waals surface area (Å²) in [6.45, 7) is 3.86. The lowest BCUT2D eigenvalue weighted by Gasteiger charge is -2.43. The van der Waals surface area contributed by atoms with Crippen molar-refractivity contribution in [3.05, 3.63) is 71.1 Å². The number of carbonyl (C=O) groups excluding carboxylic acids is 2. The van der Waals surface area contributed by atoms with Crippen molar-refractivity contribution < 1.29 is 36.4 Å². The number of ether oxygens (including phenoxy) is 1. The van der Waals surface area contributed by atoms with E-state index in [-0.39, 0.29) is 45.5 Å². The summed E-state index contributed by atoms with van der Waals surface area (Å²) in [5, 5.41) is 6.77. The van der Waals surface area contributed by atoms with Gasteiger partial charge >= 0.3 is 6.61 Å². The summed E-state index contributed by atoms with van der Waals surface area (Å²) in [6.07, 6.45) is 7.23. The fourth-order valence-electron chi connectivity index (χ4n) is 7.70. The number of alkyl halides is 2. The standard InChI is InChI=1S/C36H39ClF4N8O3/c1-49(21-22-6-9-42-19-22)16-7-23(8-17-49)34(50)46-12-14-47(15-13-46)35(51)25-3-2-24(18-27(25)37)45-32-33-44-20-28(48(33)11-10-43-32)26-4-5-29(52-36(40)41)31(39)30(26)38/h2-5,10-11,18,20,22-23,36,42H,6-9,12-17,19,21H2,1H3/p+1. The summed E-state index contributed by atoms with van der Waals surface area (Å²) < 4.78 is 61.1. The van der Waals surface area contributed by atoms with E-state index in [0.717, 1.165) is 55.6 Å². The maximum Gasteiger partial charge on any atom is 0.387 e. The Bertz CT molecular complexity index is 1960. The van der Waals surface area contributed by atoms with E-state index in [4.69, 9.17) is 11.6 Å². The summed E-state index contributed by atoms with van der Waals surface area (Å²) in [4.78, 5) is 39.2. The van der Waals surface area contributed by atoms with E-state index in [1.807, 2.05) is 4.90 Å². The molecule has 3 fully saturated rings. The molecule has 0 aliphatic carbocycles. The Hall–Kier alpha value is -4.47. The lowest BCUT2D eigenvalue weighted by Crippen LogP contribution is -2.56. The predicted octanol–water partition coefficient (Wildman–Crippen LogP) is 5.42. The Kier molecular flexibility index (Phi) is 10.3. The Balaban J connectivity index is 0.962. The number of benzene rings is 2. The van der Waals surface area contributed by atoms with Crippen LogP contribution in [0.5, 0.6) is 5.75 Å². The smallest absolute Gasteiger partial charge is 0.387 e. The molecule has 0 bridgehead atoms. The van der Waals surface area contributed by atoms with Crippen molar-refractivity contribution in [1.82, 2.24) is 29.5 Å². The van der Waals surface area contributed by atoms with Crippen molar-refractivity contribution >= 4 is 40.6 Å². The first kappa shape index (κ1) is 35.9. The minimum absolute atomic E-state index is 0.0319. The quantitative estimate of drug-likeness (QED) is 0.174. The van der Waals surface area contributed by atoms with E-state index in [1.54, 1.807) is 23.1 Å². The number of hydrogen-bond donors (Lipinski definition) is 2. The molecular formula is C36H40ClF4N8O3+. The number of hydrogen-bond acceptors (Lipinski definition) is 7. The maximum absolute atomic E-state index is 14.9. The molecule has 2 N–H and O–H groups in total. The molecule has 5 heterocycles. The normalized spacial score (nSPS) is 22.3. The molecule has 0 radical (unpaired) electrons. The first-order chi connectivity index (χ1) is 25.0. The zero-order chi connectivity index (χ0) is 36.6. The summed E-state index contributed by atoms with van der Waals surface area (Å²) in [7, 11) is 2.32. The van der Waals surface area contributed by atoms with Crippen LogP contribution in [0.15, 0.2) is 48.9 Å². The number of quaternary nitrogens is 1. The van der Waals surface area contributed by atoms with E-state index < -0.39 is 24.0 Å². The molecule has 3 saturated heterocycles. The molecule has 52 heavy (non-hydrogen) atoms. The van der Waals surface area contributed by atoms with Crippen LogP contribution in [-0.4, -0.2) is 113 Å². The van der Waals surface area contributed by atoms with Gasteiger partial charge in [-0.3, -0.25) is 14.0 Å². The number of fused-ring (bicyclic) bond motifs is 1. The number of halogens is 5. The van der Waals surface area contributed by atoms with E-state index in [0.29, 0.717) is 43.3 Å². The van der Waals surface area contributed by atoms with Crippen LogP contribution in [0.3, 0.4) is 0 Å². The van der Waals surface area contributed by atoms with E-state index >= 15 is 0 Å². The van der Waals surface area contributed by atoms with Gasteiger partial charge in [0, 0.05) is 81.0 Å². The van der Waals surface area contributed by atoms with Crippen LogP contribution in [0.4, 0.5) is 29.1 Å². The molecule has 1 atom stereocenters. The molecule has 16 heteroatoms. The van der Waals surface area contributed by atoms with Crippen LogP contribution in [0.25, 0.3) is 16.9 Å². The Morgan fingerprint density at radius 1 is 1.04 bits per heavy atom. The second-order valence-corrected chi connectivity index (χ2v) is 14.5. The number of nitrogens with zero attached hydrogens (tertiary/aromatic N) is 6. The molecular weight excluding hydrogens is 704 g/mol. The molecule has 2 aromatic heterocycles. The SMILES string of the molecule is C[N+]1(CC2CCNC2)CCC(C(=O)N2CCN(C(=O)c3ccc(Nc4nccn5c(-c6ccc(OC(F)F)c(F)c6F)cnc45)cc3Cl)CC2)CC1. The third-order valence-corrected chi connectivity index (χ3v) is 10.9. The fourth-order valence-corrected chi connectivity index (χ4v) is 7.96. The van der Waals surface area contributed by atoms with E-state index in [1.165, 1.54) is 36.0 Å². The molecule has 3 aliphatic rings. The summed E-state index contributed by atoms with van der Waals surface area (Å²) in [5.74, 6) is -2.85. The average molecular weight is 744 g/mol. The highest BCUT2D eigenvalue weighted by molar-refractivity contribution is 6.34. The Morgan fingerprint density at radius 2 is 1.79 bits per heavy atom. The summed E-state index contributed by atoms with van der Waals surface area (Å²) >= 11 is 6.61. The van der Waals surface area contributed by atoms with Gasteiger partial charge in [0.2, 0.25) is 11.7 Å². The van der Waals surface area contributed by atoms with Crippen LogP contribution in [0.1, 0.15) is 29.6 Å². The highest BCUT2D eigenvalue weighted by Crippen LogP contribution is 2.33. The van der Waals surface area contributed by atoms with Crippen LogP contribution >= 0.6 is 11.6 Å². The number of aromatic nitrogens is 3. The van der Waals surface area contributed by atoms with Crippen LogP contribution < -0.4 is 15.4 Å². The van der Waals surface area contributed by atoms with Gasteiger partial charge in [0.05, 0.1) is 49.2 Å². The molecule has 7 rings (SSSR count). The second kappa shape index (κ2) is 14.9. The average Bonchev–Trinajstić information content (AvgIpc) is 3.81. The number of carbonyl (C=O) groups is 2. The van der Waals surface area contributed by atoms with Crippen molar-refractivity contribution in [2.24, 2.45) is 11.8 Å². The van der Waals surface area contributed by atoms with Crippen LogP contribution in [0, 0.1) is 23.5 Å². The zero-order valence-corrected chi connectivity index (χ0v) is 29.4. The van der Waals surface area contributed by atoms with Gasteiger partial charge in [0.15, 0.2) is 23.0 Å². The molecule has 276 valence electrons. The van der Waals surface area contributed by atoms with E-state index in [9.17, 15) is 27.2 Å². The maximum atomic E-state index is 14.9. The molecule has 0 spiro atoms. The van der Waals surface area contributed by atoms with E-state index in [2.05, 4.69) is 32.4 Å². The molecule has 1 unspecified atom stereocenters. The van der Waals surface area contributed by atoms with Gasteiger partial charge in [0.25, 0.3) is 5.91 Å². The fraction of sp³-hybridized carbons (Fsp3) is 0.444. The number of nitrogens with one attached hydrogen (secondary N) is 2. The van der Waals surface area contributed by atoms with Gasteiger partial charge in [-0.2, -0.15) is 13.2 Å². The zero-order valence-electron chi connectivity index (χ0n) is 28.6. The lowest BCUT2D eigenvalue weighted by atomic mass is 9.92. The minimum atomic E-state index is -3.31. The number of piperazine rings is 1. The van der Waals surface area contributed by atoms with Crippen molar-refractivity contribution in [1.29, 1.82) is 0 Å². The molecule has 0 saturated carbocycles. The number of amides is 2. The molecule has 2 amide bonds. The van der Waals surface area contributed by atoms with Crippen molar-refractivity contribution in [2.75, 3.05) is 71.3 Å². The van der Waals surface area contributed by atoms with Gasteiger partial charge < -0.3 is 29.7 Å². The Morgan fingerprint density at radius 3 is 2.48 bits per heavy atom. The van der Waals surface area contributed by atoms with Gasteiger partial charge in [-0.15, -0.1) is 0 Å². The Labute approximate surface area is 303 Å². The largest absolute Gasteiger partial charge is 0.432 e. The molecule has 3 aliphatic heterocycles. The lowest BCUT2D eigenvalue weighted by molar-refractivity contribution is -0.917. The van der Waals surface area contributed by atoms with Crippen LogP contribution in [-0.2, 0) is 4.79 Å². The number of rotatable bonds is 9. The second-order valence-electron chi connectivity index (χ2n) is 14.1. The number of likely N-dealkylation sites (tertiary alicyclic amines) is 1. The van der Waals surface area contributed by atoms with Crippen molar-refractivity contribution in [2.45, 2.75) is 25.9 Å². The topological polar surface area (TPSA) is 104 Å². The molecule has 11 nitrogen and oxygen atoms in total. The third-order valence-electron chi connectivity index (χ3n) is 10.6. The van der Waals surface area contributed by atoms with Gasteiger partial charge in [-0.1, -0.05) is 11.6 Å². The highest BCUT2D eigenvalue weighted by Gasteiger charge is 2.38. The first-order valence-corrected chi connectivity index (χ1v) is 17.8. The first-order valence-electron chi connectivity index (χ1n) is 17.4. The predicted molar refractivity (Wildman–Crippen MR) is 187 cm³/mol. The van der Waals surface area contributed by atoms with Crippen LogP contribution in [0.2, 0.25) is 5.02 Å². The monoisotopic (exact) mass is 743 g/mol. The summed E-state index contributed by atoms with van der Waals surface area (Å²) in [5.41, 5.74) is 1.00. The number of anilines is 2. The number of imidazole rings is 1. The van der Waals surface area contributed by atoms with Gasteiger partial charge in [0.1, 0.15) is 0 Å². The van der Waals surface area contributed by atoms with Crippen molar-refractivity contribution in [3.63, 3.8) is 0 Å². The molecule has 4 aromatic rings.